The minimum atomic E-state index is 0.0429. The van der Waals surface area contributed by atoms with E-state index in [2.05, 4.69) is 18.2 Å². The van der Waals surface area contributed by atoms with Crippen LogP contribution < -0.4 is 5.56 Å². The summed E-state index contributed by atoms with van der Waals surface area (Å²) in [6.45, 7) is 0. The number of aromatic nitrogens is 1. The van der Waals surface area contributed by atoms with Gasteiger partial charge in [-0.25, -0.2) is 0 Å². The van der Waals surface area contributed by atoms with Crippen LogP contribution in [0.2, 0.25) is 0 Å². The molecule has 0 saturated heterocycles. The lowest BCUT2D eigenvalue weighted by atomic mass is 9.98. The van der Waals surface area contributed by atoms with Crippen molar-refractivity contribution in [1.29, 1.82) is 0 Å². The van der Waals surface area contributed by atoms with Gasteiger partial charge in [0.1, 0.15) is 0 Å². The van der Waals surface area contributed by atoms with Gasteiger partial charge in [0.15, 0.2) is 0 Å². The summed E-state index contributed by atoms with van der Waals surface area (Å²) in [6.07, 6.45) is 5.53. The van der Waals surface area contributed by atoms with Gasteiger partial charge in [0.25, 0.3) is 0 Å². The van der Waals surface area contributed by atoms with Crippen molar-refractivity contribution < 1.29 is 0 Å². The van der Waals surface area contributed by atoms with Gasteiger partial charge in [-0.1, -0.05) is 18.2 Å². The summed E-state index contributed by atoms with van der Waals surface area (Å²) in [7, 11) is 1.80. The second kappa shape index (κ2) is 3.88. The summed E-state index contributed by atoms with van der Waals surface area (Å²) in [5, 5.41) is 0. The Morgan fingerprint density at radius 3 is 2.82 bits per heavy atom. The molecular weight excluding hydrogens is 210 g/mol. The standard InChI is InChI=1S/C15H15NO/c1-16-10-12(8-9-15(16)17)14-7-3-5-11-4-2-6-13(11)14/h3,5,7-10H,2,4,6H2,1H3. The predicted molar refractivity (Wildman–Crippen MR) is 69.1 cm³/mol. The third-order valence-electron chi connectivity index (χ3n) is 3.54. The Bertz CT molecular complexity index is 625. The Morgan fingerprint density at radius 2 is 2.00 bits per heavy atom. The Hall–Kier alpha value is -1.83. The quantitative estimate of drug-likeness (QED) is 0.731. The molecule has 2 nitrogen and oxygen atoms in total. The van der Waals surface area contributed by atoms with Crippen LogP contribution in [0.15, 0.2) is 41.3 Å². The normalized spacial score (nSPS) is 13.7. The molecule has 1 aromatic heterocycles. The molecule has 2 heteroatoms. The maximum atomic E-state index is 11.4. The third kappa shape index (κ3) is 1.70. The fourth-order valence-electron chi connectivity index (χ4n) is 2.64. The minimum absolute atomic E-state index is 0.0429. The van der Waals surface area contributed by atoms with Crippen molar-refractivity contribution in [3.05, 3.63) is 58.0 Å². The molecule has 0 aliphatic heterocycles. The molecular formula is C15H15NO. The zero-order chi connectivity index (χ0) is 11.8. The maximum Gasteiger partial charge on any atom is 0.250 e. The van der Waals surface area contributed by atoms with Crippen LogP contribution in [0.25, 0.3) is 11.1 Å². The fraction of sp³-hybridized carbons (Fsp3) is 0.267. The van der Waals surface area contributed by atoms with Crippen molar-refractivity contribution in [2.24, 2.45) is 7.05 Å². The molecule has 0 fully saturated rings. The highest BCUT2D eigenvalue weighted by Gasteiger charge is 2.15. The average Bonchev–Trinajstić information content (AvgIpc) is 2.80. The highest BCUT2D eigenvalue weighted by Crippen LogP contribution is 2.31. The van der Waals surface area contributed by atoms with E-state index in [0.29, 0.717) is 0 Å². The Balaban J connectivity index is 2.19. The van der Waals surface area contributed by atoms with Gasteiger partial charge in [-0.05, 0) is 47.6 Å². The van der Waals surface area contributed by atoms with Crippen molar-refractivity contribution >= 4 is 0 Å². The van der Waals surface area contributed by atoms with Gasteiger partial charge in [-0.2, -0.15) is 0 Å². The highest BCUT2D eigenvalue weighted by molar-refractivity contribution is 5.68. The van der Waals surface area contributed by atoms with Crippen LogP contribution in [0, 0.1) is 0 Å². The number of aryl methyl sites for hydroxylation is 2. The molecule has 0 spiro atoms. The minimum Gasteiger partial charge on any atom is -0.318 e. The number of pyridine rings is 1. The van der Waals surface area contributed by atoms with Gasteiger partial charge < -0.3 is 4.57 Å². The molecule has 2 aromatic rings. The van der Waals surface area contributed by atoms with Crippen LogP contribution >= 0.6 is 0 Å². The molecule has 1 aliphatic carbocycles. The molecule has 0 saturated carbocycles. The number of rotatable bonds is 1. The monoisotopic (exact) mass is 225 g/mol. The number of hydrogen-bond donors (Lipinski definition) is 0. The first-order valence-corrected chi connectivity index (χ1v) is 6.03. The van der Waals surface area contributed by atoms with Crippen molar-refractivity contribution in [1.82, 2.24) is 4.57 Å². The molecule has 1 aromatic carbocycles. The molecule has 0 atom stereocenters. The van der Waals surface area contributed by atoms with E-state index in [0.717, 1.165) is 12.0 Å². The number of fused-ring (bicyclic) bond motifs is 1. The molecule has 0 bridgehead atoms. The number of benzene rings is 1. The SMILES string of the molecule is Cn1cc(-c2cccc3c2CCC3)ccc1=O. The first-order valence-electron chi connectivity index (χ1n) is 6.03. The lowest BCUT2D eigenvalue weighted by molar-refractivity contribution is 0.861. The predicted octanol–water partition coefficient (Wildman–Crippen LogP) is 2.54. The van der Waals surface area contributed by atoms with E-state index in [1.54, 1.807) is 17.7 Å². The summed E-state index contributed by atoms with van der Waals surface area (Å²) in [4.78, 5) is 11.4. The van der Waals surface area contributed by atoms with E-state index in [9.17, 15) is 4.79 Å². The summed E-state index contributed by atoms with van der Waals surface area (Å²) >= 11 is 0. The average molecular weight is 225 g/mol. The van der Waals surface area contributed by atoms with Gasteiger partial charge in [0, 0.05) is 19.3 Å². The Labute approximate surface area is 101 Å². The van der Waals surface area contributed by atoms with Crippen LogP contribution in [-0.2, 0) is 19.9 Å². The van der Waals surface area contributed by atoms with E-state index in [4.69, 9.17) is 0 Å². The van der Waals surface area contributed by atoms with Gasteiger partial charge in [-0.3, -0.25) is 4.79 Å². The molecule has 1 heterocycles. The fourth-order valence-corrected chi connectivity index (χ4v) is 2.64. The van der Waals surface area contributed by atoms with Crippen LogP contribution in [0.4, 0.5) is 0 Å². The Morgan fingerprint density at radius 1 is 1.12 bits per heavy atom. The largest absolute Gasteiger partial charge is 0.318 e. The molecule has 0 unspecified atom stereocenters. The van der Waals surface area contributed by atoms with Crippen LogP contribution in [0.1, 0.15) is 17.5 Å². The highest BCUT2D eigenvalue weighted by atomic mass is 16.1. The van der Waals surface area contributed by atoms with Gasteiger partial charge in [0.2, 0.25) is 5.56 Å². The van der Waals surface area contributed by atoms with Crippen LogP contribution in [-0.4, -0.2) is 4.57 Å². The first kappa shape index (κ1) is 10.3. The molecule has 1 aliphatic rings. The van der Waals surface area contributed by atoms with Crippen molar-refractivity contribution in [3.8, 4) is 11.1 Å². The lowest BCUT2D eigenvalue weighted by Crippen LogP contribution is -2.14. The molecule has 0 amide bonds. The smallest absolute Gasteiger partial charge is 0.250 e. The topological polar surface area (TPSA) is 22.0 Å². The second-order valence-corrected chi connectivity index (χ2v) is 4.66. The van der Waals surface area contributed by atoms with E-state index in [1.807, 2.05) is 12.3 Å². The van der Waals surface area contributed by atoms with Gasteiger partial charge >= 0.3 is 0 Å². The second-order valence-electron chi connectivity index (χ2n) is 4.66. The summed E-state index contributed by atoms with van der Waals surface area (Å²) in [5.74, 6) is 0. The van der Waals surface area contributed by atoms with Crippen molar-refractivity contribution in [2.75, 3.05) is 0 Å². The van der Waals surface area contributed by atoms with Crippen LogP contribution in [0.5, 0.6) is 0 Å². The molecule has 86 valence electrons. The Kier molecular flexibility index (Phi) is 2.36. The maximum absolute atomic E-state index is 11.4. The van der Waals surface area contributed by atoms with E-state index in [-0.39, 0.29) is 5.56 Å². The molecule has 0 radical (unpaired) electrons. The van der Waals surface area contributed by atoms with E-state index < -0.39 is 0 Å². The first-order chi connectivity index (χ1) is 8.25. The van der Waals surface area contributed by atoms with E-state index >= 15 is 0 Å². The van der Waals surface area contributed by atoms with Gasteiger partial charge in [0.05, 0.1) is 0 Å². The lowest BCUT2D eigenvalue weighted by Gasteiger charge is -2.09. The molecule has 17 heavy (non-hydrogen) atoms. The number of hydrogen-bond acceptors (Lipinski definition) is 1. The summed E-state index contributed by atoms with van der Waals surface area (Å²) in [5.41, 5.74) is 5.41. The summed E-state index contributed by atoms with van der Waals surface area (Å²) in [6, 6.07) is 10.1. The third-order valence-corrected chi connectivity index (χ3v) is 3.54. The zero-order valence-corrected chi connectivity index (χ0v) is 9.94. The zero-order valence-electron chi connectivity index (χ0n) is 9.94. The molecule has 0 N–H and O–H groups in total. The van der Waals surface area contributed by atoms with E-state index in [1.165, 1.54) is 29.5 Å². The molecule has 3 rings (SSSR count). The number of nitrogens with zero attached hydrogens (tertiary/aromatic N) is 1. The summed E-state index contributed by atoms with van der Waals surface area (Å²) < 4.78 is 1.64. The van der Waals surface area contributed by atoms with Gasteiger partial charge in [-0.15, -0.1) is 0 Å². The van der Waals surface area contributed by atoms with Crippen molar-refractivity contribution in [2.45, 2.75) is 19.3 Å². The van der Waals surface area contributed by atoms with Crippen LogP contribution in [0.3, 0.4) is 0 Å². The van der Waals surface area contributed by atoms with Crippen molar-refractivity contribution in [3.63, 3.8) is 0 Å².